The zero-order valence-electron chi connectivity index (χ0n) is 11.2. The highest BCUT2D eigenvalue weighted by molar-refractivity contribution is 5.72. The number of hydrogen-bond donors (Lipinski definition) is 1. The van der Waals surface area contributed by atoms with Crippen molar-refractivity contribution < 1.29 is 19.4 Å². The fourth-order valence-electron chi connectivity index (χ4n) is 1.96. The molecule has 0 aliphatic carbocycles. The average molecular weight is 276 g/mol. The van der Waals surface area contributed by atoms with Gasteiger partial charge in [-0.1, -0.05) is 0 Å². The van der Waals surface area contributed by atoms with Gasteiger partial charge in [0.2, 0.25) is 11.7 Å². The Morgan fingerprint density at radius 3 is 3.00 bits per heavy atom. The lowest BCUT2D eigenvalue weighted by atomic mass is 10.2. The molecule has 0 amide bonds. The second-order valence-electron chi connectivity index (χ2n) is 4.39. The minimum absolute atomic E-state index is 0.0713. The van der Waals surface area contributed by atoms with Crippen LogP contribution in [0.1, 0.15) is 25.5 Å². The Kier molecular flexibility index (Phi) is 4.34. The maximum Gasteiger partial charge on any atom is 0.303 e. The molecule has 0 unspecified atom stereocenters. The van der Waals surface area contributed by atoms with Gasteiger partial charge in [0, 0.05) is 6.42 Å². The fourth-order valence-corrected chi connectivity index (χ4v) is 1.96. The molecule has 0 radical (unpaired) electrons. The standard InChI is InChI=1S/C14H16N2O4/c1-2-20-11-6-7-12-13(8-11)16(19)9-10(15-12)4-3-5-14(17)18/h6-9H,2-5H2,1H3,(H,17,18). The van der Waals surface area contributed by atoms with Gasteiger partial charge in [-0.25, -0.2) is 4.98 Å². The van der Waals surface area contributed by atoms with Crippen molar-refractivity contribution in [3.63, 3.8) is 0 Å². The molecule has 2 rings (SSSR count). The van der Waals surface area contributed by atoms with Gasteiger partial charge in [-0.2, -0.15) is 4.73 Å². The third-order valence-corrected chi connectivity index (χ3v) is 2.85. The van der Waals surface area contributed by atoms with E-state index in [-0.39, 0.29) is 6.42 Å². The van der Waals surface area contributed by atoms with Crippen LogP contribution in [0.5, 0.6) is 5.75 Å². The largest absolute Gasteiger partial charge is 0.618 e. The molecule has 1 aromatic carbocycles. The van der Waals surface area contributed by atoms with E-state index in [2.05, 4.69) is 4.98 Å². The van der Waals surface area contributed by atoms with Crippen molar-refractivity contribution in [2.24, 2.45) is 0 Å². The molecule has 2 aromatic rings. The Balaban J connectivity index is 2.23. The first-order valence-corrected chi connectivity index (χ1v) is 6.47. The molecular formula is C14H16N2O4. The van der Waals surface area contributed by atoms with Crippen molar-refractivity contribution in [2.75, 3.05) is 6.61 Å². The number of fused-ring (bicyclic) bond motifs is 1. The van der Waals surface area contributed by atoms with Crippen LogP contribution in [-0.2, 0) is 11.2 Å². The topological polar surface area (TPSA) is 86.4 Å². The number of benzene rings is 1. The van der Waals surface area contributed by atoms with Crippen LogP contribution in [0.25, 0.3) is 11.0 Å². The highest BCUT2D eigenvalue weighted by Gasteiger charge is 2.10. The summed E-state index contributed by atoms with van der Waals surface area (Å²) in [5.74, 6) is -0.216. The minimum Gasteiger partial charge on any atom is -0.618 e. The minimum atomic E-state index is -0.845. The number of aliphatic carboxylic acids is 1. The number of rotatable bonds is 6. The summed E-state index contributed by atoms with van der Waals surface area (Å²) >= 11 is 0. The monoisotopic (exact) mass is 276 g/mol. The van der Waals surface area contributed by atoms with Gasteiger partial charge in [0.1, 0.15) is 17.0 Å². The van der Waals surface area contributed by atoms with E-state index in [1.165, 1.54) is 6.20 Å². The molecular weight excluding hydrogens is 260 g/mol. The van der Waals surface area contributed by atoms with Gasteiger partial charge >= 0.3 is 5.97 Å². The van der Waals surface area contributed by atoms with E-state index in [0.29, 0.717) is 41.9 Å². The van der Waals surface area contributed by atoms with Crippen LogP contribution in [0, 0.1) is 5.21 Å². The first-order valence-electron chi connectivity index (χ1n) is 6.47. The normalized spacial score (nSPS) is 10.7. The molecule has 0 spiro atoms. The van der Waals surface area contributed by atoms with Crippen LogP contribution >= 0.6 is 0 Å². The van der Waals surface area contributed by atoms with Crippen LogP contribution < -0.4 is 9.47 Å². The van der Waals surface area contributed by atoms with Crippen molar-refractivity contribution in [1.29, 1.82) is 0 Å². The number of nitrogens with zero attached hydrogens (tertiary/aromatic N) is 2. The summed E-state index contributed by atoms with van der Waals surface area (Å²) in [5, 5.41) is 20.6. The first kappa shape index (κ1) is 14.0. The second-order valence-corrected chi connectivity index (χ2v) is 4.39. The van der Waals surface area contributed by atoms with Crippen LogP contribution in [0.3, 0.4) is 0 Å². The smallest absolute Gasteiger partial charge is 0.303 e. The average Bonchev–Trinajstić information content (AvgIpc) is 2.39. The molecule has 20 heavy (non-hydrogen) atoms. The third kappa shape index (κ3) is 3.34. The molecule has 6 nitrogen and oxygen atoms in total. The molecule has 0 atom stereocenters. The SMILES string of the molecule is CCOc1ccc2nc(CCCC(=O)O)c[n+]([O-])c2c1. The predicted molar refractivity (Wildman–Crippen MR) is 72.4 cm³/mol. The molecule has 0 aliphatic rings. The van der Waals surface area contributed by atoms with Crippen molar-refractivity contribution in [1.82, 2.24) is 4.98 Å². The van der Waals surface area contributed by atoms with E-state index in [1.54, 1.807) is 18.2 Å². The van der Waals surface area contributed by atoms with Gasteiger partial charge in [-0.3, -0.25) is 4.79 Å². The van der Waals surface area contributed by atoms with Crippen LogP contribution in [-0.4, -0.2) is 22.7 Å². The van der Waals surface area contributed by atoms with Crippen molar-refractivity contribution >= 4 is 17.0 Å². The van der Waals surface area contributed by atoms with E-state index < -0.39 is 5.97 Å². The van der Waals surface area contributed by atoms with Crippen molar-refractivity contribution in [3.8, 4) is 5.75 Å². The van der Waals surface area contributed by atoms with E-state index in [9.17, 15) is 10.0 Å². The molecule has 1 aromatic heterocycles. The molecule has 1 heterocycles. The van der Waals surface area contributed by atoms with Gasteiger partial charge in [-0.05, 0) is 31.9 Å². The van der Waals surface area contributed by atoms with Gasteiger partial charge < -0.3 is 15.1 Å². The van der Waals surface area contributed by atoms with Crippen molar-refractivity contribution in [2.45, 2.75) is 26.2 Å². The molecule has 0 saturated heterocycles. The molecule has 106 valence electrons. The molecule has 1 N–H and O–H groups in total. The lowest BCUT2D eigenvalue weighted by Gasteiger charge is -2.07. The Morgan fingerprint density at radius 2 is 2.30 bits per heavy atom. The summed E-state index contributed by atoms with van der Waals surface area (Å²) in [6.45, 7) is 2.41. The van der Waals surface area contributed by atoms with Gasteiger partial charge in [0.25, 0.3) is 0 Å². The zero-order valence-corrected chi connectivity index (χ0v) is 11.2. The maximum atomic E-state index is 12.0. The summed E-state index contributed by atoms with van der Waals surface area (Å²) in [5.41, 5.74) is 1.62. The number of ether oxygens (including phenoxy) is 1. The number of hydrogen-bond acceptors (Lipinski definition) is 4. The van der Waals surface area contributed by atoms with Gasteiger partial charge in [0.05, 0.1) is 12.7 Å². The molecule has 6 heteroatoms. The lowest BCUT2D eigenvalue weighted by Crippen LogP contribution is -2.28. The zero-order chi connectivity index (χ0) is 14.5. The molecule has 0 aliphatic heterocycles. The molecule has 0 saturated carbocycles. The Hall–Kier alpha value is -2.37. The third-order valence-electron chi connectivity index (χ3n) is 2.85. The van der Waals surface area contributed by atoms with Crippen LogP contribution in [0.15, 0.2) is 24.4 Å². The number of aryl methyl sites for hydroxylation is 1. The van der Waals surface area contributed by atoms with Crippen LogP contribution in [0.4, 0.5) is 0 Å². The number of carboxylic acid groups (broad SMARTS) is 1. The molecule has 0 bridgehead atoms. The van der Waals surface area contributed by atoms with Crippen LogP contribution in [0.2, 0.25) is 0 Å². The van der Waals surface area contributed by atoms with E-state index in [0.717, 1.165) is 4.73 Å². The quantitative estimate of drug-likeness (QED) is 0.640. The lowest BCUT2D eigenvalue weighted by molar-refractivity contribution is -0.577. The molecule has 0 fully saturated rings. The summed E-state index contributed by atoms with van der Waals surface area (Å²) in [6, 6.07) is 5.15. The highest BCUT2D eigenvalue weighted by atomic mass is 16.5. The highest BCUT2D eigenvalue weighted by Crippen LogP contribution is 2.17. The second kappa shape index (κ2) is 6.18. The Labute approximate surface area is 116 Å². The Morgan fingerprint density at radius 1 is 1.50 bits per heavy atom. The van der Waals surface area contributed by atoms with Gasteiger partial charge in [-0.15, -0.1) is 0 Å². The summed E-state index contributed by atoms with van der Waals surface area (Å²) in [7, 11) is 0. The number of carbonyl (C=O) groups is 1. The first-order chi connectivity index (χ1) is 9.60. The fraction of sp³-hybridized carbons (Fsp3) is 0.357. The van der Waals surface area contributed by atoms with E-state index >= 15 is 0 Å². The summed E-state index contributed by atoms with van der Waals surface area (Å²) in [4.78, 5) is 14.8. The Bertz CT molecular complexity index is 628. The number of aromatic nitrogens is 2. The van der Waals surface area contributed by atoms with Crippen molar-refractivity contribution in [3.05, 3.63) is 35.3 Å². The van der Waals surface area contributed by atoms with E-state index in [4.69, 9.17) is 9.84 Å². The number of carboxylic acids is 1. The summed E-state index contributed by atoms with van der Waals surface area (Å²) in [6.07, 6.45) is 2.39. The predicted octanol–water partition coefficient (Wildman–Crippen LogP) is 1.67. The summed E-state index contributed by atoms with van der Waals surface area (Å²) < 4.78 is 6.10. The maximum absolute atomic E-state index is 12.0. The van der Waals surface area contributed by atoms with Gasteiger partial charge in [0.15, 0.2) is 0 Å². The van der Waals surface area contributed by atoms with E-state index in [1.807, 2.05) is 6.92 Å².